The minimum absolute atomic E-state index is 0.137. The van der Waals surface area contributed by atoms with Crippen molar-refractivity contribution >= 4 is 29.3 Å². The molecule has 0 saturated heterocycles. The number of carbonyl (C=O) groups excluding carboxylic acids is 2. The highest BCUT2D eigenvalue weighted by atomic mass is 32.2. The van der Waals surface area contributed by atoms with Crippen LogP contribution in [-0.4, -0.2) is 23.6 Å². The van der Waals surface area contributed by atoms with Crippen molar-refractivity contribution in [1.82, 2.24) is 5.32 Å². The van der Waals surface area contributed by atoms with Gasteiger partial charge in [-0.15, -0.1) is 11.8 Å². The molecule has 0 unspecified atom stereocenters. The van der Waals surface area contributed by atoms with Gasteiger partial charge in [-0.25, -0.2) is 4.39 Å². The second kappa shape index (κ2) is 10.3. The third kappa shape index (κ3) is 6.09. The predicted molar refractivity (Wildman–Crippen MR) is 112 cm³/mol. The third-order valence-corrected chi connectivity index (χ3v) is 5.81. The Bertz CT molecular complexity index is 804. The van der Waals surface area contributed by atoms with Gasteiger partial charge >= 0.3 is 0 Å². The highest BCUT2D eigenvalue weighted by Gasteiger charge is 2.19. The molecule has 6 heteroatoms. The van der Waals surface area contributed by atoms with Gasteiger partial charge in [0.1, 0.15) is 5.82 Å². The van der Waals surface area contributed by atoms with Crippen LogP contribution in [0.15, 0.2) is 48.5 Å². The summed E-state index contributed by atoms with van der Waals surface area (Å²) in [7, 11) is 0. The van der Waals surface area contributed by atoms with Gasteiger partial charge < -0.3 is 10.6 Å². The van der Waals surface area contributed by atoms with Crippen LogP contribution in [0.3, 0.4) is 0 Å². The number of carbonyl (C=O) groups is 2. The lowest BCUT2D eigenvalue weighted by Crippen LogP contribution is -2.36. The lowest BCUT2D eigenvalue weighted by atomic mass is 9.95. The number of rotatable bonds is 7. The van der Waals surface area contributed by atoms with Gasteiger partial charge in [0, 0.05) is 11.8 Å². The summed E-state index contributed by atoms with van der Waals surface area (Å²) in [5.74, 6) is 0.314. The second-order valence-electron chi connectivity index (χ2n) is 7.02. The topological polar surface area (TPSA) is 58.2 Å². The van der Waals surface area contributed by atoms with Gasteiger partial charge in [-0.1, -0.05) is 43.5 Å². The van der Waals surface area contributed by atoms with Crippen molar-refractivity contribution in [3.8, 4) is 0 Å². The second-order valence-corrected chi connectivity index (χ2v) is 8.01. The molecule has 2 N–H and O–H groups in total. The van der Waals surface area contributed by atoms with E-state index in [2.05, 4.69) is 10.6 Å². The van der Waals surface area contributed by atoms with Crippen molar-refractivity contribution in [3.05, 3.63) is 65.5 Å². The SMILES string of the molecule is O=C(CSCc1ccc(F)cc1)Nc1ccccc1C(=O)NC1CCCCC1. The summed E-state index contributed by atoms with van der Waals surface area (Å²) >= 11 is 1.45. The quantitative estimate of drug-likeness (QED) is 0.704. The van der Waals surface area contributed by atoms with Crippen molar-refractivity contribution in [2.75, 3.05) is 11.1 Å². The van der Waals surface area contributed by atoms with E-state index in [1.807, 2.05) is 0 Å². The first-order valence-corrected chi connectivity index (χ1v) is 10.8. The lowest BCUT2D eigenvalue weighted by Gasteiger charge is -2.23. The molecule has 1 aliphatic rings. The monoisotopic (exact) mass is 400 g/mol. The molecule has 0 bridgehead atoms. The molecule has 28 heavy (non-hydrogen) atoms. The number of anilines is 1. The summed E-state index contributed by atoms with van der Waals surface area (Å²) in [5.41, 5.74) is 1.99. The Labute approximate surface area is 169 Å². The van der Waals surface area contributed by atoms with E-state index in [1.54, 1.807) is 36.4 Å². The lowest BCUT2D eigenvalue weighted by molar-refractivity contribution is -0.113. The summed E-state index contributed by atoms with van der Waals surface area (Å²) in [6.07, 6.45) is 5.55. The molecule has 4 nitrogen and oxygen atoms in total. The summed E-state index contributed by atoms with van der Waals surface area (Å²) < 4.78 is 12.9. The van der Waals surface area contributed by atoms with Gasteiger partial charge in [-0.2, -0.15) is 0 Å². The summed E-state index contributed by atoms with van der Waals surface area (Å²) in [6, 6.07) is 13.6. The average Bonchev–Trinajstić information content (AvgIpc) is 2.70. The van der Waals surface area contributed by atoms with E-state index in [1.165, 1.54) is 30.3 Å². The van der Waals surface area contributed by atoms with E-state index in [9.17, 15) is 14.0 Å². The molecule has 1 fully saturated rings. The molecule has 0 heterocycles. The van der Waals surface area contributed by atoms with Crippen molar-refractivity contribution in [1.29, 1.82) is 0 Å². The Hall–Kier alpha value is -2.34. The number of thioether (sulfide) groups is 1. The molecule has 0 aromatic heterocycles. The Morgan fingerprint density at radius 2 is 1.71 bits per heavy atom. The summed E-state index contributed by atoms with van der Waals surface area (Å²) in [6.45, 7) is 0. The standard InChI is InChI=1S/C22H25FN2O2S/c23-17-12-10-16(11-13-17)14-28-15-21(26)25-20-9-5-4-8-19(20)22(27)24-18-6-2-1-3-7-18/h4-5,8-13,18H,1-3,6-7,14-15H2,(H,24,27)(H,25,26). The smallest absolute Gasteiger partial charge is 0.253 e. The van der Waals surface area contributed by atoms with E-state index in [0.29, 0.717) is 17.0 Å². The molecule has 0 radical (unpaired) electrons. The van der Waals surface area contributed by atoms with Crippen molar-refractivity contribution < 1.29 is 14.0 Å². The summed E-state index contributed by atoms with van der Waals surface area (Å²) in [4.78, 5) is 24.9. The molecule has 0 spiro atoms. The maximum absolute atomic E-state index is 12.9. The first-order valence-electron chi connectivity index (χ1n) is 9.64. The molecule has 0 atom stereocenters. The largest absolute Gasteiger partial charge is 0.349 e. The fourth-order valence-corrected chi connectivity index (χ4v) is 4.12. The molecule has 2 aromatic carbocycles. The van der Waals surface area contributed by atoms with Gasteiger partial charge in [-0.3, -0.25) is 9.59 Å². The van der Waals surface area contributed by atoms with Gasteiger partial charge in [0.2, 0.25) is 5.91 Å². The van der Waals surface area contributed by atoms with Crippen molar-refractivity contribution in [2.24, 2.45) is 0 Å². The first kappa shape index (κ1) is 20.4. The minimum Gasteiger partial charge on any atom is -0.349 e. The third-order valence-electron chi connectivity index (χ3n) is 4.80. The van der Waals surface area contributed by atoms with Gasteiger partial charge in [0.25, 0.3) is 5.91 Å². The fourth-order valence-electron chi connectivity index (χ4n) is 3.33. The maximum Gasteiger partial charge on any atom is 0.253 e. The van der Waals surface area contributed by atoms with Crippen LogP contribution in [0, 0.1) is 5.82 Å². The number of hydrogen-bond acceptors (Lipinski definition) is 3. The molecule has 3 rings (SSSR count). The van der Waals surface area contributed by atoms with Crippen molar-refractivity contribution in [3.63, 3.8) is 0 Å². The zero-order chi connectivity index (χ0) is 19.8. The highest BCUT2D eigenvalue weighted by molar-refractivity contribution is 7.99. The van der Waals surface area contributed by atoms with Crippen LogP contribution < -0.4 is 10.6 Å². The van der Waals surface area contributed by atoms with Crippen LogP contribution in [-0.2, 0) is 10.5 Å². The number of amides is 2. The molecular formula is C22H25FN2O2S. The Kier molecular flexibility index (Phi) is 7.48. The normalized spacial score (nSPS) is 14.5. The maximum atomic E-state index is 12.9. The van der Waals surface area contributed by atoms with Crippen LogP contribution in [0.4, 0.5) is 10.1 Å². The van der Waals surface area contributed by atoms with E-state index >= 15 is 0 Å². The minimum atomic E-state index is -0.269. The van der Waals surface area contributed by atoms with E-state index < -0.39 is 0 Å². The molecule has 148 valence electrons. The number of para-hydroxylation sites is 1. The number of benzene rings is 2. The van der Waals surface area contributed by atoms with Crippen LogP contribution in [0.1, 0.15) is 48.0 Å². The van der Waals surface area contributed by atoms with Gasteiger partial charge in [0.05, 0.1) is 17.0 Å². The van der Waals surface area contributed by atoms with Crippen LogP contribution in [0.25, 0.3) is 0 Å². The average molecular weight is 401 g/mol. The zero-order valence-electron chi connectivity index (χ0n) is 15.7. The molecule has 0 aliphatic heterocycles. The van der Waals surface area contributed by atoms with E-state index in [0.717, 1.165) is 31.2 Å². The number of hydrogen-bond donors (Lipinski definition) is 2. The van der Waals surface area contributed by atoms with Crippen LogP contribution in [0.5, 0.6) is 0 Å². The van der Waals surface area contributed by atoms with Crippen LogP contribution in [0.2, 0.25) is 0 Å². The molecule has 1 saturated carbocycles. The number of nitrogens with one attached hydrogen (secondary N) is 2. The predicted octanol–water partition coefficient (Wildman–Crippen LogP) is 4.76. The molecule has 2 amide bonds. The van der Waals surface area contributed by atoms with E-state index in [-0.39, 0.29) is 29.4 Å². The molecule has 1 aliphatic carbocycles. The Balaban J connectivity index is 1.52. The van der Waals surface area contributed by atoms with Crippen molar-refractivity contribution in [2.45, 2.75) is 43.9 Å². The van der Waals surface area contributed by atoms with Gasteiger partial charge in [0.15, 0.2) is 0 Å². The Morgan fingerprint density at radius 3 is 2.46 bits per heavy atom. The number of halogens is 1. The fraction of sp³-hybridized carbons (Fsp3) is 0.364. The molecular weight excluding hydrogens is 375 g/mol. The highest BCUT2D eigenvalue weighted by Crippen LogP contribution is 2.20. The van der Waals surface area contributed by atoms with Gasteiger partial charge in [-0.05, 0) is 42.7 Å². The van der Waals surface area contributed by atoms with Crippen LogP contribution >= 0.6 is 11.8 Å². The zero-order valence-corrected chi connectivity index (χ0v) is 16.6. The first-order chi connectivity index (χ1) is 13.6. The van der Waals surface area contributed by atoms with E-state index in [4.69, 9.17) is 0 Å². The Morgan fingerprint density at radius 1 is 1.00 bits per heavy atom. The molecule has 2 aromatic rings. The summed E-state index contributed by atoms with van der Waals surface area (Å²) in [5, 5.41) is 5.94.